The van der Waals surface area contributed by atoms with Gasteiger partial charge < -0.3 is 5.32 Å². The molecule has 0 saturated carbocycles. The van der Waals surface area contributed by atoms with E-state index in [4.69, 9.17) is 0 Å². The number of nitrogens with one attached hydrogen (secondary N) is 1. The number of sulfonamides is 1. The summed E-state index contributed by atoms with van der Waals surface area (Å²) in [4.78, 5) is 12.2. The third-order valence-electron chi connectivity index (χ3n) is 3.38. The SMILES string of the molecule is CC[C@H](C)NC(=O)c1cccc(N(C)S(C)(=O)=O)c1C. The topological polar surface area (TPSA) is 66.5 Å². The smallest absolute Gasteiger partial charge is 0.251 e. The Kier molecular flexibility index (Phi) is 5.16. The molecule has 112 valence electrons. The Hall–Kier alpha value is -1.56. The minimum atomic E-state index is -3.35. The van der Waals surface area contributed by atoms with E-state index in [0.29, 0.717) is 16.8 Å². The predicted molar refractivity (Wildman–Crippen MR) is 81.6 cm³/mol. The van der Waals surface area contributed by atoms with Gasteiger partial charge >= 0.3 is 0 Å². The Morgan fingerprint density at radius 2 is 2.00 bits per heavy atom. The van der Waals surface area contributed by atoms with E-state index in [0.717, 1.165) is 12.7 Å². The lowest BCUT2D eigenvalue weighted by molar-refractivity contribution is 0.0938. The molecule has 1 aromatic carbocycles. The van der Waals surface area contributed by atoms with Crippen LogP contribution in [0.25, 0.3) is 0 Å². The fourth-order valence-corrected chi connectivity index (χ4v) is 2.35. The van der Waals surface area contributed by atoms with E-state index in [9.17, 15) is 13.2 Å². The van der Waals surface area contributed by atoms with Crippen LogP contribution in [0, 0.1) is 6.92 Å². The maximum Gasteiger partial charge on any atom is 0.251 e. The zero-order valence-corrected chi connectivity index (χ0v) is 13.4. The minimum Gasteiger partial charge on any atom is -0.350 e. The largest absolute Gasteiger partial charge is 0.350 e. The van der Waals surface area contributed by atoms with E-state index in [2.05, 4.69) is 5.32 Å². The standard InChI is InChI=1S/C14H22N2O3S/c1-6-10(2)15-14(17)12-8-7-9-13(11(12)3)16(4)20(5,18)19/h7-10H,6H2,1-5H3,(H,15,17)/t10-/m0/s1. The van der Waals surface area contributed by atoms with Gasteiger partial charge in [0.1, 0.15) is 0 Å². The van der Waals surface area contributed by atoms with Crippen LogP contribution in [0.3, 0.4) is 0 Å². The van der Waals surface area contributed by atoms with Crippen molar-refractivity contribution in [3.8, 4) is 0 Å². The van der Waals surface area contributed by atoms with Crippen LogP contribution >= 0.6 is 0 Å². The van der Waals surface area contributed by atoms with Gasteiger partial charge in [-0.05, 0) is 38.0 Å². The van der Waals surface area contributed by atoms with E-state index in [1.54, 1.807) is 25.1 Å². The molecule has 0 aliphatic heterocycles. The van der Waals surface area contributed by atoms with Gasteiger partial charge in [-0.2, -0.15) is 0 Å². The lowest BCUT2D eigenvalue weighted by Crippen LogP contribution is -2.33. The number of carbonyl (C=O) groups is 1. The van der Waals surface area contributed by atoms with Gasteiger partial charge in [-0.25, -0.2) is 8.42 Å². The molecule has 1 amide bonds. The Morgan fingerprint density at radius 3 is 2.50 bits per heavy atom. The van der Waals surface area contributed by atoms with Crippen LogP contribution in [-0.2, 0) is 10.0 Å². The molecular weight excluding hydrogens is 276 g/mol. The molecule has 0 heterocycles. The molecule has 0 aromatic heterocycles. The van der Waals surface area contributed by atoms with Crippen LogP contribution in [0.5, 0.6) is 0 Å². The highest BCUT2D eigenvalue weighted by Gasteiger charge is 2.18. The number of carbonyl (C=O) groups excluding carboxylic acids is 1. The zero-order valence-electron chi connectivity index (χ0n) is 12.6. The van der Waals surface area contributed by atoms with Gasteiger partial charge in [-0.3, -0.25) is 9.10 Å². The fourth-order valence-electron chi connectivity index (χ4n) is 1.79. The average molecular weight is 298 g/mol. The summed E-state index contributed by atoms with van der Waals surface area (Å²) < 4.78 is 24.4. The molecule has 0 unspecified atom stereocenters. The highest BCUT2D eigenvalue weighted by atomic mass is 32.2. The molecule has 0 fully saturated rings. The van der Waals surface area contributed by atoms with Crippen molar-refractivity contribution < 1.29 is 13.2 Å². The Balaban J connectivity index is 3.17. The van der Waals surface area contributed by atoms with E-state index in [1.165, 1.54) is 11.4 Å². The summed E-state index contributed by atoms with van der Waals surface area (Å²) in [5.74, 6) is -0.180. The molecule has 1 rings (SSSR count). The van der Waals surface area contributed by atoms with Crippen LogP contribution < -0.4 is 9.62 Å². The maximum atomic E-state index is 12.2. The van der Waals surface area contributed by atoms with Crippen molar-refractivity contribution in [2.45, 2.75) is 33.2 Å². The van der Waals surface area contributed by atoms with E-state index in [-0.39, 0.29) is 11.9 Å². The Bertz CT molecular complexity index is 596. The zero-order chi connectivity index (χ0) is 15.5. The van der Waals surface area contributed by atoms with Crippen LogP contribution in [0.2, 0.25) is 0 Å². The van der Waals surface area contributed by atoms with Gasteiger partial charge in [0.2, 0.25) is 10.0 Å². The summed E-state index contributed by atoms with van der Waals surface area (Å²) in [6.45, 7) is 5.67. The van der Waals surface area contributed by atoms with Crippen molar-refractivity contribution in [3.05, 3.63) is 29.3 Å². The molecule has 5 nitrogen and oxygen atoms in total. The first-order chi connectivity index (χ1) is 9.18. The summed E-state index contributed by atoms with van der Waals surface area (Å²) in [7, 11) is -1.87. The number of benzene rings is 1. The Labute approximate surface area is 121 Å². The number of rotatable bonds is 5. The van der Waals surface area contributed by atoms with Gasteiger partial charge in [0.15, 0.2) is 0 Å². The highest BCUT2D eigenvalue weighted by molar-refractivity contribution is 7.92. The molecule has 20 heavy (non-hydrogen) atoms. The van der Waals surface area contributed by atoms with Crippen molar-refractivity contribution in [2.75, 3.05) is 17.6 Å². The van der Waals surface area contributed by atoms with Crippen LogP contribution in [-0.4, -0.2) is 33.7 Å². The first-order valence-electron chi connectivity index (χ1n) is 6.52. The molecule has 1 aromatic rings. The molecule has 6 heteroatoms. The van der Waals surface area contributed by atoms with Crippen molar-refractivity contribution in [2.24, 2.45) is 0 Å². The molecular formula is C14H22N2O3S. The van der Waals surface area contributed by atoms with Gasteiger partial charge in [-0.15, -0.1) is 0 Å². The number of hydrogen-bond donors (Lipinski definition) is 1. The van der Waals surface area contributed by atoms with Crippen LogP contribution in [0.4, 0.5) is 5.69 Å². The molecule has 0 aliphatic rings. The first-order valence-corrected chi connectivity index (χ1v) is 8.37. The lowest BCUT2D eigenvalue weighted by Gasteiger charge is -2.21. The monoisotopic (exact) mass is 298 g/mol. The predicted octanol–water partition coefficient (Wildman–Crippen LogP) is 1.92. The second-order valence-electron chi connectivity index (χ2n) is 4.96. The van der Waals surface area contributed by atoms with Crippen molar-refractivity contribution in [3.63, 3.8) is 0 Å². The number of anilines is 1. The first kappa shape index (κ1) is 16.5. The number of nitrogens with zero attached hydrogens (tertiary/aromatic N) is 1. The summed E-state index contributed by atoms with van der Waals surface area (Å²) in [5, 5.41) is 2.88. The van der Waals surface area contributed by atoms with E-state index < -0.39 is 10.0 Å². The molecule has 0 aliphatic carbocycles. The van der Waals surface area contributed by atoms with E-state index >= 15 is 0 Å². The van der Waals surface area contributed by atoms with Crippen LogP contribution in [0.15, 0.2) is 18.2 Å². The second kappa shape index (κ2) is 6.26. The normalized spacial score (nSPS) is 12.8. The molecule has 0 radical (unpaired) electrons. The van der Waals surface area contributed by atoms with Crippen molar-refractivity contribution in [1.29, 1.82) is 0 Å². The average Bonchev–Trinajstić information content (AvgIpc) is 2.36. The van der Waals surface area contributed by atoms with Gasteiger partial charge in [0.25, 0.3) is 5.91 Å². The highest BCUT2D eigenvalue weighted by Crippen LogP contribution is 2.24. The second-order valence-corrected chi connectivity index (χ2v) is 6.98. The minimum absolute atomic E-state index is 0.0817. The maximum absolute atomic E-state index is 12.2. The lowest BCUT2D eigenvalue weighted by atomic mass is 10.1. The molecule has 1 atom stereocenters. The number of hydrogen-bond acceptors (Lipinski definition) is 3. The van der Waals surface area contributed by atoms with Gasteiger partial charge in [0.05, 0.1) is 11.9 Å². The summed E-state index contributed by atoms with van der Waals surface area (Å²) in [5.41, 5.74) is 1.67. The van der Waals surface area contributed by atoms with Gasteiger partial charge in [0, 0.05) is 18.7 Å². The summed E-state index contributed by atoms with van der Waals surface area (Å²) in [6.07, 6.45) is 1.98. The van der Waals surface area contributed by atoms with Gasteiger partial charge in [-0.1, -0.05) is 13.0 Å². The van der Waals surface area contributed by atoms with E-state index in [1.807, 2.05) is 13.8 Å². The van der Waals surface area contributed by atoms with Crippen molar-refractivity contribution in [1.82, 2.24) is 5.32 Å². The molecule has 0 bridgehead atoms. The molecule has 1 N–H and O–H groups in total. The Morgan fingerprint density at radius 1 is 1.40 bits per heavy atom. The molecule has 0 spiro atoms. The third kappa shape index (κ3) is 3.72. The van der Waals surface area contributed by atoms with Crippen molar-refractivity contribution >= 4 is 21.6 Å². The summed E-state index contributed by atoms with van der Waals surface area (Å²) >= 11 is 0. The summed E-state index contributed by atoms with van der Waals surface area (Å²) in [6, 6.07) is 5.16. The number of amides is 1. The third-order valence-corrected chi connectivity index (χ3v) is 4.57. The van der Waals surface area contributed by atoms with Crippen LogP contribution in [0.1, 0.15) is 36.2 Å². The quantitative estimate of drug-likeness (QED) is 0.903. The molecule has 0 saturated heterocycles. The fraction of sp³-hybridized carbons (Fsp3) is 0.500.